The lowest BCUT2D eigenvalue weighted by atomic mass is 10.9. The van der Waals surface area contributed by atoms with Crippen LogP contribution in [0.1, 0.15) is 0 Å². The molecule has 0 aromatic heterocycles. The highest BCUT2D eigenvalue weighted by Gasteiger charge is 2.33. The molecule has 0 aliphatic heterocycles. The highest BCUT2D eigenvalue weighted by atomic mass is 79.9. The smallest absolute Gasteiger partial charge is 0.324 e. The molecule has 0 bridgehead atoms. The van der Waals surface area contributed by atoms with Crippen molar-refractivity contribution in [3.63, 3.8) is 0 Å². The summed E-state index contributed by atoms with van der Waals surface area (Å²) in [6.45, 7) is 0. The summed E-state index contributed by atoms with van der Waals surface area (Å²) in [5, 5.41) is 0. The normalized spacial score (nSPS) is 13.9. The number of alkyl halides is 3. The first-order chi connectivity index (χ1) is 3.71. The fourth-order valence-electron chi connectivity index (χ4n) is 0.234. The van der Waals surface area contributed by atoms with Crippen LogP contribution >= 0.6 is 23.5 Å². The number of hydrogen-bond donors (Lipinski definition) is 2. The molecule has 0 aliphatic carbocycles. The van der Waals surface area contributed by atoms with E-state index in [2.05, 4.69) is 0 Å². The zero-order valence-corrected chi connectivity index (χ0v) is 6.57. The van der Waals surface area contributed by atoms with Crippen molar-refractivity contribution in [2.24, 2.45) is 0 Å². The Labute approximate surface area is 58.4 Å². The Kier molecular flexibility index (Phi) is 2.76. The number of hydrogen-bond acceptors (Lipinski definition) is 1. The van der Waals surface area contributed by atoms with Crippen molar-refractivity contribution in [2.75, 3.05) is 6.16 Å². The molecule has 0 fully saturated rings. The van der Waals surface area contributed by atoms with Crippen LogP contribution in [-0.2, 0) is 4.57 Å². The van der Waals surface area contributed by atoms with Gasteiger partial charge in [0.05, 0.1) is 0 Å². The van der Waals surface area contributed by atoms with Crippen LogP contribution in [0.3, 0.4) is 0 Å². The fraction of sp³-hybridized carbons (Fsp3) is 1.00. The molecule has 0 atom stereocenters. The summed E-state index contributed by atoms with van der Waals surface area (Å²) in [6, 6.07) is 0. The molecule has 0 heterocycles. The third-order valence-corrected chi connectivity index (χ3v) is 1.91. The van der Waals surface area contributed by atoms with Crippen molar-refractivity contribution in [1.82, 2.24) is 0 Å². The maximum absolute atomic E-state index is 11.6. The minimum absolute atomic E-state index is 1.46. The molecule has 9 heavy (non-hydrogen) atoms. The quantitative estimate of drug-likeness (QED) is 0.547. The van der Waals surface area contributed by atoms with Gasteiger partial charge in [0.2, 0.25) is 0 Å². The molecule has 0 rings (SSSR count). The minimum Gasteiger partial charge on any atom is -0.324 e. The fourth-order valence-corrected chi connectivity index (χ4v) is 1.68. The maximum Gasteiger partial charge on any atom is 0.332 e. The van der Waals surface area contributed by atoms with E-state index in [1.54, 1.807) is 15.9 Å². The second-order valence-electron chi connectivity index (χ2n) is 1.44. The SMILES string of the molecule is O=P(O)(O)CC(F)(F)Br. The predicted octanol–water partition coefficient (Wildman–Crippen LogP) is 1.15. The van der Waals surface area contributed by atoms with Gasteiger partial charge >= 0.3 is 12.4 Å². The van der Waals surface area contributed by atoms with Gasteiger partial charge in [-0.3, -0.25) is 4.57 Å². The molecule has 0 aromatic rings. The zero-order valence-electron chi connectivity index (χ0n) is 4.09. The molecular formula is C2H4BrF2O3P. The maximum atomic E-state index is 11.6. The van der Waals surface area contributed by atoms with Gasteiger partial charge in [0, 0.05) is 0 Å². The van der Waals surface area contributed by atoms with E-state index in [0.29, 0.717) is 0 Å². The Morgan fingerprint density at radius 2 is 1.89 bits per heavy atom. The van der Waals surface area contributed by atoms with Crippen molar-refractivity contribution < 1.29 is 23.1 Å². The first-order valence-corrected chi connectivity index (χ1v) is 4.41. The van der Waals surface area contributed by atoms with Crippen LogP contribution in [0.4, 0.5) is 8.78 Å². The van der Waals surface area contributed by atoms with E-state index in [-0.39, 0.29) is 0 Å². The molecule has 0 spiro atoms. The van der Waals surface area contributed by atoms with Crippen LogP contribution in [0, 0.1) is 0 Å². The lowest BCUT2D eigenvalue weighted by Gasteiger charge is -2.07. The van der Waals surface area contributed by atoms with Crippen molar-refractivity contribution in [3.8, 4) is 0 Å². The molecule has 3 nitrogen and oxygen atoms in total. The Morgan fingerprint density at radius 1 is 1.56 bits per heavy atom. The van der Waals surface area contributed by atoms with Crippen LogP contribution in [0.15, 0.2) is 0 Å². The van der Waals surface area contributed by atoms with Crippen LogP contribution < -0.4 is 0 Å². The van der Waals surface area contributed by atoms with Crippen LogP contribution in [-0.4, -0.2) is 20.8 Å². The molecular weight excluding hydrogens is 221 g/mol. The lowest BCUT2D eigenvalue weighted by Crippen LogP contribution is -2.11. The average molecular weight is 225 g/mol. The molecule has 0 aliphatic rings. The Balaban J connectivity index is 3.90. The van der Waals surface area contributed by atoms with Gasteiger partial charge in [-0.2, -0.15) is 8.78 Å². The highest BCUT2D eigenvalue weighted by Crippen LogP contribution is 2.42. The number of rotatable bonds is 2. The topological polar surface area (TPSA) is 57.5 Å². The minimum atomic E-state index is -4.58. The van der Waals surface area contributed by atoms with Gasteiger partial charge in [-0.1, -0.05) is 0 Å². The van der Waals surface area contributed by atoms with Crippen molar-refractivity contribution >= 4 is 23.5 Å². The summed E-state index contributed by atoms with van der Waals surface area (Å²) in [5.74, 6) is 0. The second kappa shape index (κ2) is 2.62. The van der Waals surface area contributed by atoms with Gasteiger partial charge in [-0.25, -0.2) is 0 Å². The van der Waals surface area contributed by atoms with Gasteiger partial charge in [-0.05, 0) is 15.9 Å². The molecule has 0 amide bonds. The highest BCUT2D eigenvalue weighted by molar-refractivity contribution is 9.10. The summed E-state index contributed by atoms with van der Waals surface area (Å²) < 4.78 is 33.1. The molecule has 0 aromatic carbocycles. The van der Waals surface area contributed by atoms with Crippen molar-refractivity contribution in [1.29, 1.82) is 0 Å². The third-order valence-electron chi connectivity index (χ3n) is 0.385. The van der Waals surface area contributed by atoms with Crippen LogP contribution in [0.25, 0.3) is 0 Å². The van der Waals surface area contributed by atoms with E-state index in [9.17, 15) is 13.3 Å². The Bertz CT molecular complexity index is 137. The average Bonchev–Trinajstić information content (AvgIpc) is 1.14. The molecule has 56 valence electrons. The summed E-state index contributed by atoms with van der Waals surface area (Å²) in [7, 11) is -4.58. The van der Waals surface area contributed by atoms with Crippen molar-refractivity contribution in [2.45, 2.75) is 4.83 Å². The monoisotopic (exact) mass is 224 g/mol. The first kappa shape index (κ1) is 9.49. The molecule has 0 saturated carbocycles. The largest absolute Gasteiger partial charge is 0.332 e. The van der Waals surface area contributed by atoms with Gasteiger partial charge in [0.1, 0.15) is 6.16 Å². The van der Waals surface area contributed by atoms with Crippen LogP contribution in [0.5, 0.6) is 0 Å². The lowest BCUT2D eigenvalue weighted by molar-refractivity contribution is 0.133. The summed E-state index contributed by atoms with van der Waals surface area (Å²) in [6.07, 6.45) is -1.46. The van der Waals surface area contributed by atoms with E-state index >= 15 is 0 Å². The van der Waals surface area contributed by atoms with Gasteiger partial charge in [0.15, 0.2) is 0 Å². The van der Waals surface area contributed by atoms with E-state index < -0.39 is 18.6 Å². The van der Waals surface area contributed by atoms with Gasteiger partial charge in [-0.15, -0.1) is 0 Å². The van der Waals surface area contributed by atoms with E-state index in [1.807, 2.05) is 0 Å². The molecule has 2 N–H and O–H groups in total. The van der Waals surface area contributed by atoms with Gasteiger partial charge in [0.25, 0.3) is 0 Å². The molecule has 0 radical (unpaired) electrons. The first-order valence-electron chi connectivity index (χ1n) is 1.82. The zero-order chi connectivity index (χ0) is 7.71. The summed E-state index contributed by atoms with van der Waals surface area (Å²) in [5.41, 5.74) is 0. The summed E-state index contributed by atoms with van der Waals surface area (Å²) >= 11 is 1.79. The predicted molar refractivity (Wildman–Crippen MR) is 30.8 cm³/mol. The Morgan fingerprint density at radius 3 is 1.89 bits per heavy atom. The van der Waals surface area contributed by atoms with Crippen molar-refractivity contribution in [3.05, 3.63) is 0 Å². The van der Waals surface area contributed by atoms with Crippen LogP contribution in [0.2, 0.25) is 0 Å². The standard InChI is InChI=1S/C2H4BrF2O3P/c3-2(4,5)1-9(6,7)8/h1H2,(H2,6,7,8). The van der Waals surface area contributed by atoms with Gasteiger partial charge < -0.3 is 9.79 Å². The Hall–Kier alpha value is 0.490. The van der Waals surface area contributed by atoms with E-state index in [4.69, 9.17) is 9.79 Å². The molecule has 0 unspecified atom stereocenters. The third kappa shape index (κ3) is 8.49. The van der Waals surface area contributed by atoms with E-state index in [1.165, 1.54) is 0 Å². The second-order valence-corrected chi connectivity index (χ2v) is 4.24. The van der Waals surface area contributed by atoms with E-state index in [0.717, 1.165) is 0 Å². The molecule has 0 saturated heterocycles. The summed E-state index contributed by atoms with van der Waals surface area (Å²) in [4.78, 5) is 12.4. The number of halogens is 3. The molecule has 7 heteroatoms.